The summed E-state index contributed by atoms with van der Waals surface area (Å²) in [7, 11) is 0. The molecule has 0 bridgehead atoms. The van der Waals surface area contributed by atoms with Crippen molar-refractivity contribution in [1.29, 1.82) is 0 Å². The van der Waals surface area contributed by atoms with Crippen molar-refractivity contribution in [2.45, 2.75) is 26.7 Å². The molecular formula is C35H29N5OS. The molecule has 0 saturated heterocycles. The number of pyridine rings is 1. The Morgan fingerprint density at radius 3 is 2.69 bits per heavy atom. The van der Waals surface area contributed by atoms with Gasteiger partial charge in [-0.25, -0.2) is 4.98 Å². The second-order valence-corrected chi connectivity index (χ2v) is 11.7. The van der Waals surface area contributed by atoms with Crippen LogP contribution >= 0.6 is 11.3 Å². The second kappa shape index (κ2) is 10.8. The van der Waals surface area contributed by atoms with Crippen molar-refractivity contribution in [3.63, 3.8) is 0 Å². The number of aromatic nitrogens is 4. The first-order valence-corrected chi connectivity index (χ1v) is 14.8. The van der Waals surface area contributed by atoms with Gasteiger partial charge in [-0.05, 0) is 79.8 Å². The molecule has 2 aliphatic rings. The number of aromatic amines is 2. The summed E-state index contributed by atoms with van der Waals surface area (Å²) in [6.45, 7) is 4.23. The Hall–Kier alpha value is -5.01. The third kappa shape index (κ3) is 4.99. The van der Waals surface area contributed by atoms with E-state index < -0.39 is 0 Å². The Morgan fingerprint density at radius 2 is 1.86 bits per heavy atom. The molecule has 6 nitrogen and oxygen atoms in total. The number of rotatable bonds is 5. The molecule has 3 N–H and O–H groups in total. The van der Waals surface area contributed by atoms with E-state index in [1.54, 1.807) is 11.3 Å². The highest BCUT2D eigenvalue weighted by Gasteiger charge is 2.21. The number of carbonyl (C=O) groups is 1. The number of benzene rings is 1. The van der Waals surface area contributed by atoms with E-state index in [9.17, 15) is 4.79 Å². The molecule has 2 aliphatic carbocycles. The number of nitrogens with one attached hydrogen (secondary N) is 3. The Balaban J connectivity index is 1.25. The Labute approximate surface area is 247 Å². The maximum absolute atomic E-state index is 12.9. The van der Waals surface area contributed by atoms with Gasteiger partial charge in [-0.2, -0.15) is 5.10 Å². The minimum Gasteiger partial charge on any atom is -0.356 e. The molecular weight excluding hydrogens is 538 g/mol. The number of amides is 1. The van der Waals surface area contributed by atoms with Crippen LogP contribution in [0.2, 0.25) is 0 Å². The van der Waals surface area contributed by atoms with Crippen molar-refractivity contribution < 1.29 is 4.79 Å². The lowest BCUT2D eigenvalue weighted by Gasteiger charge is -2.08. The summed E-state index contributed by atoms with van der Waals surface area (Å²) in [5.41, 5.74) is 12.6. The molecule has 1 amide bonds. The van der Waals surface area contributed by atoms with E-state index in [0.717, 1.165) is 57.8 Å². The number of H-pyrrole nitrogens is 2. The first-order valence-electron chi connectivity index (χ1n) is 14.0. The molecule has 0 radical (unpaired) electrons. The lowest BCUT2D eigenvalue weighted by atomic mass is 10.0. The average molecular weight is 568 g/mol. The summed E-state index contributed by atoms with van der Waals surface area (Å²) in [6, 6.07) is 19.7. The van der Waals surface area contributed by atoms with Gasteiger partial charge in [-0.15, -0.1) is 11.3 Å². The Morgan fingerprint density at radius 1 is 0.976 bits per heavy atom. The second-order valence-electron chi connectivity index (χ2n) is 10.8. The van der Waals surface area contributed by atoms with Gasteiger partial charge in [0.2, 0.25) is 0 Å². The fraction of sp³-hybridized carbons (Fsp3) is 0.114. The summed E-state index contributed by atoms with van der Waals surface area (Å²) >= 11 is 1.75. The van der Waals surface area contributed by atoms with Gasteiger partial charge in [0.25, 0.3) is 5.91 Å². The van der Waals surface area contributed by atoms with Crippen LogP contribution in [0.1, 0.15) is 52.5 Å². The van der Waals surface area contributed by atoms with Gasteiger partial charge in [0, 0.05) is 39.4 Å². The zero-order chi connectivity index (χ0) is 28.6. The van der Waals surface area contributed by atoms with E-state index in [-0.39, 0.29) is 5.91 Å². The van der Waals surface area contributed by atoms with Crippen LogP contribution in [0.3, 0.4) is 0 Å². The van der Waals surface area contributed by atoms with Crippen LogP contribution in [0, 0.1) is 0 Å². The fourth-order valence-electron chi connectivity index (χ4n) is 5.46. The molecule has 4 aromatic heterocycles. The molecule has 206 valence electrons. The minimum absolute atomic E-state index is 0.139. The smallest absolute Gasteiger partial charge is 0.255 e. The molecule has 0 spiro atoms. The number of thiophene rings is 1. The van der Waals surface area contributed by atoms with E-state index in [2.05, 4.69) is 71.1 Å². The Bertz CT molecular complexity index is 1980. The molecule has 7 rings (SSSR count). The number of carbonyl (C=O) groups excluding carboxylic acids is 1. The zero-order valence-electron chi connectivity index (χ0n) is 23.4. The van der Waals surface area contributed by atoms with Gasteiger partial charge < -0.3 is 10.3 Å². The highest BCUT2D eigenvalue weighted by atomic mass is 32.1. The monoisotopic (exact) mass is 567 g/mol. The Kier molecular flexibility index (Phi) is 6.64. The molecule has 42 heavy (non-hydrogen) atoms. The molecule has 0 saturated carbocycles. The van der Waals surface area contributed by atoms with Crippen LogP contribution in [0.5, 0.6) is 0 Å². The third-order valence-corrected chi connectivity index (χ3v) is 8.48. The standard InChI is InChI=1S/C35H29N5OS/c1-21-10-12-24(19-25(17-21)36-35(41)23-7-4-3-5-8-23)28-14-15-29-33(38-28)34(40-39-29)31-20-27-26(32-9-6-16-42-32)13-11-22(2)18-30(27)37-31/h3-9,11-17,19-20,37H,10,18H2,1-2H3,(H,36,41)(H,39,40). The van der Waals surface area contributed by atoms with E-state index in [1.807, 2.05) is 54.6 Å². The van der Waals surface area contributed by atoms with Gasteiger partial charge in [0.1, 0.15) is 11.2 Å². The van der Waals surface area contributed by atoms with Gasteiger partial charge in [0.15, 0.2) is 0 Å². The van der Waals surface area contributed by atoms with E-state index in [4.69, 9.17) is 10.1 Å². The number of hydrogen-bond donors (Lipinski definition) is 3. The van der Waals surface area contributed by atoms with Crippen molar-refractivity contribution in [3.8, 4) is 11.4 Å². The van der Waals surface area contributed by atoms with E-state index in [1.165, 1.54) is 27.3 Å². The number of allylic oxidation sites excluding steroid dienone is 8. The maximum atomic E-state index is 12.9. The molecule has 0 fully saturated rings. The van der Waals surface area contributed by atoms with Crippen LogP contribution in [0.4, 0.5) is 0 Å². The SMILES string of the molecule is CC1=CC(NC(=O)c2ccccc2)=CC(c2ccc3[nH]nc(-c4cc5c([nH]4)CC(C)=CC=C5c4cccs4)c3n2)=CC1. The lowest BCUT2D eigenvalue weighted by Crippen LogP contribution is -2.22. The lowest BCUT2D eigenvalue weighted by molar-refractivity contribution is 0.0967. The molecule has 0 atom stereocenters. The molecule has 7 heteroatoms. The largest absolute Gasteiger partial charge is 0.356 e. The molecule has 5 aromatic rings. The minimum atomic E-state index is -0.139. The maximum Gasteiger partial charge on any atom is 0.255 e. The predicted octanol–water partition coefficient (Wildman–Crippen LogP) is 8.00. The molecule has 4 heterocycles. The highest BCUT2D eigenvalue weighted by Crippen LogP contribution is 2.37. The normalized spacial score (nSPS) is 15.0. The van der Waals surface area contributed by atoms with Gasteiger partial charge in [0.05, 0.1) is 16.9 Å². The molecule has 1 aromatic carbocycles. The van der Waals surface area contributed by atoms with Crippen LogP contribution in [0.15, 0.2) is 113 Å². The summed E-state index contributed by atoms with van der Waals surface area (Å²) in [5.74, 6) is -0.139. The van der Waals surface area contributed by atoms with Gasteiger partial charge >= 0.3 is 0 Å². The predicted molar refractivity (Wildman–Crippen MR) is 171 cm³/mol. The van der Waals surface area contributed by atoms with Crippen LogP contribution < -0.4 is 5.32 Å². The molecule has 0 aliphatic heterocycles. The topological polar surface area (TPSA) is 86.5 Å². The van der Waals surface area contributed by atoms with Crippen molar-refractivity contribution in [1.82, 2.24) is 25.5 Å². The van der Waals surface area contributed by atoms with Crippen molar-refractivity contribution >= 4 is 39.4 Å². The van der Waals surface area contributed by atoms with Crippen LogP contribution in [-0.4, -0.2) is 26.1 Å². The summed E-state index contributed by atoms with van der Waals surface area (Å²) in [6.07, 6.45) is 12.2. The summed E-state index contributed by atoms with van der Waals surface area (Å²) in [5, 5.41) is 13.0. The zero-order valence-corrected chi connectivity index (χ0v) is 24.2. The van der Waals surface area contributed by atoms with Crippen molar-refractivity contribution in [3.05, 3.63) is 141 Å². The van der Waals surface area contributed by atoms with Gasteiger partial charge in [-0.1, -0.05) is 53.6 Å². The van der Waals surface area contributed by atoms with E-state index >= 15 is 0 Å². The summed E-state index contributed by atoms with van der Waals surface area (Å²) < 4.78 is 0. The van der Waals surface area contributed by atoms with Crippen molar-refractivity contribution in [2.75, 3.05) is 0 Å². The van der Waals surface area contributed by atoms with Gasteiger partial charge in [-0.3, -0.25) is 9.89 Å². The first kappa shape index (κ1) is 25.9. The first-order chi connectivity index (χ1) is 20.5. The van der Waals surface area contributed by atoms with Crippen LogP contribution in [0.25, 0.3) is 33.6 Å². The number of nitrogens with zero attached hydrogens (tertiary/aromatic N) is 2. The fourth-order valence-corrected chi connectivity index (χ4v) is 6.22. The average Bonchev–Trinajstić information content (AvgIpc) is 3.72. The van der Waals surface area contributed by atoms with Crippen LogP contribution in [-0.2, 0) is 6.42 Å². The quantitative estimate of drug-likeness (QED) is 0.201. The molecule has 0 unspecified atom stereocenters. The highest BCUT2D eigenvalue weighted by molar-refractivity contribution is 7.11. The number of fused-ring (bicyclic) bond motifs is 2. The third-order valence-electron chi connectivity index (χ3n) is 7.58. The van der Waals surface area contributed by atoms with Crippen molar-refractivity contribution in [2.24, 2.45) is 0 Å². The number of hydrogen-bond acceptors (Lipinski definition) is 4. The van der Waals surface area contributed by atoms with E-state index in [0.29, 0.717) is 5.56 Å². The summed E-state index contributed by atoms with van der Waals surface area (Å²) in [4.78, 5) is 22.9.